The van der Waals surface area contributed by atoms with Crippen LogP contribution in [0.1, 0.15) is 34.3 Å². The van der Waals surface area contributed by atoms with Crippen LogP contribution in [0.15, 0.2) is 60.0 Å². The van der Waals surface area contributed by atoms with Crippen LogP contribution in [-0.2, 0) is 0 Å². The van der Waals surface area contributed by atoms with E-state index >= 15 is 0 Å². The van der Waals surface area contributed by atoms with Crippen LogP contribution >= 0.6 is 11.8 Å². The second-order valence-electron chi connectivity index (χ2n) is 7.71. The van der Waals surface area contributed by atoms with Gasteiger partial charge in [-0.2, -0.15) is 0 Å². The Morgan fingerprint density at radius 1 is 1.10 bits per heavy atom. The number of carbonyl (C=O) groups excluding carboxylic acids is 1. The van der Waals surface area contributed by atoms with Crippen LogP contribution in [0.4, 0.5) is 0 Å². The summed E-state index contributed by atoms with van der Waals surface area (Å²) in [7, 11) is 0. The standard InChI is InChI=1S/C24H27N3O2S/c1-17-4-5-18(2)22(16-17)29-21-10-13-26(14-11-21)23(28)19-6-8-20(9-7-19)27-15-12-25-24(27)30-3/h4-9,12,15-16,21H,10-11,13-14H2,1-3H3. The van der Waals surface area contributed by atoms with E-state index in [1.807, 2.05) is 46.2 Å². The van der Waals surface area contributed by atoms with Crippen molar-refractivity contribution in [2.45, 2.75) is 37.9 Å². The monoisotopic (exact) mass is 421 g/mol. The summed E-state index contributed by atoms with van der Waals surface area (Å²) in [6, 6.07) is 14.1. The Morgan fingerprint density at radius 3 is 2.53 bits per heavy atom. The van der Waals surface area contributed by atoms with Gasteiger partial charge in [0.25, 0.3) is 5.91 Å². The number of nitrogens with zero attached hydrogens (tertiary/aromatic N) is 3. The molecule has 4 rings (SSSR count). The molecule has 3 aromatic rings. The molecule has 5 nitrogen and oxygen atoms in total. The molecule has 1 aliphatic heterocycles. The van der Waals surface area contributed by atoms with E-state index in [2.05, 4.69) is 37.0 Å². The number of thioether (sulfide) groups is 1. The second-order valence-corrected chi connectivity index (χ2v) is 8.48. The summed E-state index contributed by atoms with van der Waals surface area (Å²) in [5.41, 5.74) is 4.08. The van der Waals surface area contributed by atoms with Crippen LogP contribution in [0.5, 0.6) is 5.75 Å². The molecule has 0 saturated carbocycles. The highest BCUT2D eigenvalue weighted by Crippen LogP contribution is 2.25. The Bertz CT molecular complexity index is 1020. The number of aromatic nitrogens is 2. The molecule has 0 radical (unpaired) electrons. The van der Waals surface area contributed by atoms with Gasteiger partial charge < -0.3 is 9.64 Å². The van der Waals surface area contributed by atoms with Crippen LogP contribution in [0.2, 0.25) is 0 Å². The lowest BCUT2D eigenvalue weighted by Crippen LogP contribution is -2.41. The third-order valence-electron chi connectivity index (χ3n) is 5.55. The number of benzene rings is 2. The average Bonchev–Trinajstić information content (AvgIpc) is 3.25. The Balaban J connectivity index is 1.36. The third kappa shape index (κ3) is 4.38. The molecule has 1 fully saturated rings. The van der Waals surface area contributed by atoms with Gasteiger partial charge >= 0.3 is 0 Å². The predicted molar refractivity (Wildman–Crippen MR) is 121 cm³/mol. The maximum absolute atomic E-state index is 12.9. The SMILES string of the molecule is CSc1nccn1-c1ccc(C(=O)N2CCC(Oc3cc(C)ccc3C)CC2)cc1. The number of piperidine rings is 1. The molecule has 0 atom stereocenters. The fourth-order valence-electron chi connectivity index (χ4n) is 3.78. The molecule has 2 aromatic carbocycles. The summed E-state index contributed by atoms with van der Waals surface area (Å²) in [5, 5.41) is 0.931. The molecule has 6 heteroatoms. The molecular formula is C24H27N3O2S. The van der Waals surface area contributed by atoms with E-state index in [-0.39, 0.29) is 12.0 Å². The number of rotatable bonds is 5. The van der Waals surface area contributed by atoms with Crippen molar-refractivity contribution in [3.05, 3.63) is 71.5 Å². The Hall–Kier alpha value is -2.73. The van der Waals surface area contributed by atoms with Crippen molar-refractivity contribution in [3.63, 3.8) is 0 Å². The van der Waals surface area contributed by atoms with Gasteiger partial charge in [0.05, 0.1) is 0 Å². The van der Waals surface area contributed by atoms with Gasteiger partial charge in [0, 0.05) is 49.6 Å². The molecule has 1 aliphatic rings. The molecule has 0 bridgehead atoms. The lowest BCUT2D eigenvalue weighted by Gasteiger charge is -2.32. The third-order valence-corrected chi connectivity index (χ3v) is 6.22. The van der Waals surface area contributed by atoms with Gasteiger partial charge in [-0.1, -0.05) is 23.9 Å². The van der Waals surface area contributed by atoms with E-state index in [0.717, 1.165) is 40.6 Å². The van der Waals surface area contributed by atoms with Crippen LogP contribution in [0.3, 0.4) is 0 Å². The fourth-order valence-corrected chi connectivity index (χ4v) is 4.30. The topological polar surface area (TPSA) is 47.4 Å². The Kier molecular flexibility index (Phi) is 6.13. The van der Waals surface area contributed by atoms with E-state index in [4.69, 9.17) is 4.74 Å². The zero-order valence-electron chi connectivity index (χ0n) is 17.7. The van der Waals surface area contributed by atoms with Crippen molar-refractivity contribution in [3.8, 4) is 11.4 Å². The van der Waals surface area contributed by atoms with Crippen molar-refractivity contribution in [2.75, 3.05) is 19.3 Å². The molecule has 0 unspecified atom stereocenters. The number of carbonyl (C=O) groups is 1. The molecule has 2 heterocycles. The maximum atomic E-state index is 12.9. The molecule has 1 aromatic heterocycles. The molecule has 1 amide bonds. The zero-order valence-corrected chi connectivity index (χ0v) is 18.5. The van der Waals surface area contributed by atoms with Crippen molar-refractivity contribution < 1.29 is 9.53 Å². The molecule has 30 heavy (non-hydrogen) atoms. The van der Waals surface area contributed by atoms with Gasteiger partial charge in [-0.3, -0.25) is 9.36 Å². The maximum Gasteiger partial charge on any atom is 0.253 e. The van der Waals surface area contributed by atoms with Gasteiger partial charge in [-0.15, -0.1) is 0 Å². The highest BCUT2D eigenvalue weighted by atomic mass is 32.2. The quantitative estimate of drug-likeness (QED) is 0.550. The summed E-state index contributed by atoms with van der Waals surface area (Å²) in [6.07, 6.45) is 7.58. The summed E-state index contributed by atoms with van der Waals surface area (Å²) in [5.74, 6) is 1.04. The highest BCUT2D eigenvalue weighted by molar-refractivity contribution is 7.98. The van der Waals surface area contributed by atoms with Gasteiger partial charge in [0.2, 0.25) is 0 Å². The number of ether oxygens (including phenoxy) is 1. The van der Waals surface area contributed by atoms with Crippen molar-refractivity contribution in [1.82, 2.24) is 14.5 Å². The van der Waals surface area contributed by atoms with Crippen LogP contribution in [-0.4, -0.2) is 45.8 Å². The van der Waals surface area contributed by atoms with Gasteiger partial charge in [0.1, 0.15) is 11.9 Å². The zero-order chi connectivity index (χ0) is 21.1. The molecule has 156 valence electrons. The second kappa shape index (κ2) is 8.96. The number of aryl methyl sites for hydroxylation is 2. The van der Waals surface area contributed by atoms with Gasteiger partial charge in [-0.05, 0) is 61.6 Å². The summed E-state index contributed by atoms with van der Waals surface area (Å²) in [4.78, 5) is 19.2. The van der Waals surface area contributed by atoms with Gasteiger partial charge in [-0.25, -0.2) is 4.98 Å². The normalized spacial score (nSPS) is 14.7. The minimum atomic E-state index is 0.0856. The lowest BCUT2D eigenvalue weighted by atomic mass is 10.1. The summed E-state index contributed by atoms with van der Waals surface area (Å²) in [6.45, 7) is 5.58. The molecule has 1 saturated heterocycles. The average molecular weight is 422 g/mol. The van der Waals surface area contributed by atoms with E-state index in [1.165, 1.54) is 5.56 Å². The summed E-state index contributed by atoms with van der Waals surface area (Å²) < 4.78 is 8.25. The number of amides is 1. The van der Waals surface area contributed by atoms with E-state index in [1.54, 1.807) is 18.0 Å². The number of likely N-dealkylation sites (tertiary alicyclic amines) is 1. The molecular weight excluding hydrogens is 394 g/mol. The largest absolute Gasteiger partial charge is 0.490 e. The smallest absolute Gasteiger partial charge is 0.253 e. The van der Waals surface area contributed by atoms with Crippen molar-refractivity contribution in [2.24, 2.45) is 0 Å². The number of imidazole rings is 1. The molecule has 0 spiro atoms. The van der Waals surface area contributed by atoms with E-state index in [0.29, 0.717) is 13.1 Å². The first-order valence-electron chi connectivity index (χ1n) is 10.3. The number of hydrogen-bond donors (Lipinski definition) is 0. The fraction of sp³-hybridized carbons (Fsp3) is 0.333. The Morgan fingerprint density at radius 2 is 1.83 bits per heavy atom. The predicted octanol–water partition coefficient (Wildman–Crippen LogP) is 4.89. The number of hydrogen-bond acceptors (Lipinski definition) is 4. The van der Waals surface area contributed by atoms with Crippen molar-refractivity contribution >= 4 is 17.7 Å². The first-order chi connectivity index (χ1) is 14.5. The minimum Gasteiger partial charge on any atom is -0.490 e. The summed E-state index contributed by atoms with van der Waals surface area (Å²) >= 11 is 1.60. The highest BCUT2D eigenvalue weighted by Gasteiger charge is 2.25. The van der Waals surface area contributed by atoms with Crippen LogP contribution in [0.25, 0.3) is 5.69 Å². The minimum absolute atomic E-state index is 0.0856. The van der Waals surface area contributed by atoms with E-state index < -0.39 is 0 Å². The van der Waals surface area contributed by atoms with Crippen molar-refractivity contribution in [1.29, 1.82) is 0 Å². The Labute approximate surface area is 182 Å². The molecule has 0 aliphatic carbocycles. The molecule has 0 N–H and O–H groups in total. The van der Waals surface area contributed by atoms with Crippen LogP contribution < -0.4 is 4.74 Å². The van der Waals surface area contributed by atoms with Gasteiger partial charge in [0.15, 0.2) is 5.16 Å². The first kappa shape index (κ1) is 20.5. The first-order valence-corrected chi connectivity index (χ1v) is 11.5. The van der Waals surface area contributed by atoms with E-state index in [9.17, 15) is 4.79 Å². The van der Waals surface area contributed by atoms with Crippen LogP contribution in [0, 0.1) is 13.8 Å². The lowest BCUT2D eigenvalue weighted by molar-refractivity contribution is 0.0594.